The largest absolute Gasteiger partial charge is 0.394 e. The van der Waals surface area contributed by atoms with Gasteiger partial charge in [-0.3, -0.25) is 0 Å². The lowest BCUT2D eigenvalue weighted by Crippen LogP contribution is -2.41. The zero-order valence-electron chi connectivity index (χ0n) is 12.3. The van der Waals surface area contributed by atoms with Crippen LogP contribution in [-0.2, 0) is 6.42 Å². The van der Waals surface area contributed by atoms with Gasteiger partial charge in [0.15, 0.2) is 0 Å². The molecule has 4 nitrogen and oxygen atoms in total. The Balaban J connectivity index is 3.11. The number of aryl methyl sites for hydroxylation is 1. The van der Waals surface area contributed by atoms with E-state index in [0.717, 1.165) is 42.9 Å². The molecule has 0 amide bonds. The number of aliphatic hydroxyl groups excluding tert-OH is 1. The summed E-state index contributed by atoms with van der Waals surface area (Å²) >= 11 is 6.16. The second-order valence-corrected chi connectivity index (χ2v) is 5.28. The van der Waals surface area contributed by atoms with Crippen molar-refractivity contribution >= 4 is 17.4 Å². The maximum atomic E-state index is 9.63. The quantitative estimate of drug-likeness (QED) is 0.754. The van der Waals surface area contributed by atoms with Crippen LogP contribution in [0.3, 0.4) is 0 Å². The van der Waals surface area contributed by atoms with E-state index in [0.29, 0.717) is 5.15 Å². The molecule has 108 valence electrons. The van der Waals surface area contributed by atoms with Gasteiger partial charge in [0, 0.05) is 12.0 Å². The third-order valence-corrected chi connectivity index (χ3v) is 4.01. The molecule has 5 heteroatoms. The van der Waals surface area contributed by atoms with Crippen molar-refractivity contribution in [1.29, 1.82) is 0 Å². The Hall–Kier alpha value is -0.870. The van der Waals surface area contributed by atoms with Crippen molar-refractivity contribution in [3.8, 4) is 0 Å². The van der Waals surface area contributed by atoms with Crippen LogP contribution < -0.4 is 5.32 Å². The maximum absolute atomic E-state index is 9.63. The smallest absolute Gasteiger partial charge is 0.137 e. The molecule has 0 aromatic carbocycles. The van der Waals surface area contributed by atoms with Crippen LogP contribution in [0.1, 0.15) is 51.4 Å². The van der Waals surface area contributed by atoms with Gasteiger partial charge in [0.05, 0.1) is 12.1 Å². The van der Waals surface area contributed by atoms with Crippen LogP contribution in [-0.4, -0.2) is 27.2 Å². The van der Waals surface area contributed by atoms with Crippen molar-refractivity contribution in [3.63, 3.8) is 0 Å². The van der Waals surface area contributed by atoms with Gasteiger partial charge < -0.3 is 10.4 Å². The van der Waals surface area contributed by atoms with E-state index in [9.17, 15) is 5.11 Å². The lowest BCUT2D eigenvalue weighted by molar-refractivity contribution is 0.202. The van der Waals surface area contributed by atoms with Crippen molar-refractivity contribution < 1.29 is 5.11 Å². The summed E-state index contributed by atoms with van der Waals surface area (Å²) in [7, 11) is 0. The molecule has 0 radical (unpaired) electrons. The van der Waals surface area contributed by atoms with Crippen molar-refractivity contribution in [1.82, 2.24) is 9.97 Å². The number of aliphatic hydroxyl groups is 1. The Kier molecular flexibility index (Phi) is 6.01. The van der Waals surface area contributed by atoms with Crippen LogP contribution in [0.15, 0.2) is 0 Å². The second-order valence-electron chi connectivity index (χ2n) is 4.92. The number of halogens is 1. The Labute approximate surface area is 120 Å². The summed E-state index contributed by atoms with van der Waals surface area (Å²) < 4.78 is 0. The minimum absolute atomic E-state index is 0.0736. The molecule has 0 saturated heterocycles. The van der Waals surface area contributed by atoms with Gasteiger partial charge in [-0.2, -0.15) is 0 Å². The topological polar surface area (TPSA) is 58.0 Å². The van der Waals surface area contributed by atoms with Gasteiger partial charge in [-0.1, -0.05) is 32.4 Å². The average molecular weight is 286 g/mol. The molecule has 0 spiro atoms. The van der Waals surface area contributed by atoms with E-state index in [1.807, 2.05) is 6.92 Å². The van der Waals surface area contributed by atoms with E-state index < -0.39 is 0 Å². The predicted octanol–water partition coefficient (Wildman–Crippen LogP) is 3.35. The van der Waals surface area contributed by atoms with Crippen LogP contribution in [0.25, 0.3) is 0 Å². The van der Waals surface area contributed by atoms with Crippen molar-refractivity contribution in [3.05, 3.63) is 16.5 Å². The van der Waals surface area contributed by atoms with E-state index in [-0.39, 0.29) is 12.1 Å². The first kappa shape index (κ1) is 16.2. The summed E-state index contributed by atoms with van der Waals surface area (Å²) in [5, 5.41) is 13.5. The Morgan fingerprint density at radius 2 is 1.84 bits per heavy atom. The number of rotatable bonds is 7. The first-order chi connectivity index (χ1) is 9.01. The fourth-order valence-corrected chi connectivity index (χ4v) is 2.12. The first-order valence-electron chi connectivity index (χ1n) is 6.94. The SMILES string of the molecule is CCCc1nc(Cl)c(C)c(NC(CC)(CC)CO)n1. The molecule has 0 unspecified atom stereocenters. The molecular formula is C14H24ClN3O. The summed E-state index contributed by atoms with van der Waals surface area (Å²) in [4.78, 5) is 8.82. The fraction of sp³-hybridized carbons (Fsp3) is 0.714. The lowest BCUT2D eigenvalue weighted by atomic mass is 9.94. The van der Waals surface area contributed by atoms with Crippen LogP contribution in [0.5, 0.6) is 0 Å². The van der Waals surface area contributed by atoms with Crippen molar-refractivity contribution in [2.45, 2.75) is 58.9 Å². The van der Waals surface area contributed by atoms with Gasteiger partial charge in [-0.25, -0.2) is 9.97 Å². The molecule has 1 rings (SSSR count). The minimum Gasteiger partial charge on any atom is -0.394 e. The number of aromatic nitrogens is 2. The Morgan fingerprint density at radius 1 is 1.21 bits per heavy atom. The van der Waals surface area contributed by atoms with Gasteiger partial charge in [0.25, 0.3) is 0 Å². The molecule has 0 saturated carbocycles. The summed E-state index contributed by atoms with van der Waals surface area (Å²) in [6.07, 6.45) is 3.43. The number of nitrogens with zero attached hydrogens (tertiary/aromatic N) is 2. The van der Waals surface area contributed by atoms with Gasteiger partial charge in [0.2, 0.25) is 0 Å². The summed E-state index contributed by atoms with van der Waals surface area (Å²) in [6.45, 7) is 8.16. The van der Waals surface area contributed by atoms with Gasteiger partial charge >= 0.3 is 0 Å². The monoisotopic (exact) mass is 285 g/mol. The normalized spacial score (nSPS) is 11.7. The molecule has 1 aromatic heterocycles. The average Bonchev–Trinajstić information content (AvgIpc) is 2.42. The highest BCUT2D eigenvalue weighted by Crippen LogP contribution is 2.26. The minimum atomic E-state index is -0.341. The second kappa shape index (κ2) is 7.06. The van der Waals surface area contributed by atoms with Crippen molar-refractivity contribution in [2.75, 3.05) is 11.9 Å². The molecule has 2 N–H and O–H groups in total. The van der Waals surface area contributed by atoms with E-state index in [2.05, 4.69) is 36.1 Å². The van der Waals surface area contributed by atoms with Crippen LogP contribution in [0.4, 0.5) is 5.82 Å². The van der Waals surface area contributed by atoms with Gasteiger partial charge in [0.1, 0.15) is 16.8 Å². The molecule has 19 heavy (non-hydrogen) atoms. The van der Waals surface area contributed by atoms with Gasteiger partial charge in [-0.05, 0) is 26.2 Å². The van der Waals surface area contributed by atoms with Crippen LogP contribution >= 0.6 is 11.6 Å². The summed E-state index contributed by atoms with van der Waals surface area (Å²) in [5.41, 5.74) is 0.493. The Bertz CT molecular complexity index is 411. The highest BCUT2D eigenvalue weighted by Gasteiger charge is 2.26. The molecule has 0 aliphatic carbocycles. The molecule has 0 aliphatic heterocycles. The predicted molar refractivity (Wildman–Crippen MR) is 79.8 cm³/mol. The number of anilines is 1. The van der Waals surface area contributed by atoms with Crippen LogP contribution in [0.2, 0.25) is 5.15 Å². The molecule has 1 aromatic rings. The standard InChI is InChI=1S/C14H24ClN3O/c1-5-8-11-16-12(15)10(4)13(17-11)18-14(6-2,7-3)9-19/h19H,5-9H2,1-4H3,(H,16,17,18). The lowest BCUT2D eigenvalue weighted by Gasteiger charge is -2.32. The third kappa shape index (κ3) is 3.80. The molecule has 1 heterocycles. The first-order valence-corrected chi connectivity index (χ1v) is 7.31. The van der Waals surface area contributed by atoms with Crippen molar-refractivity contribution in [2.24, 2.45) is 0 Å². The number of hydrogen-bond acceptors (Lipinski definition) is 4. The Morgan fingerprint density at radius 3 is 2.32 bits per heavy atom. The maximum Gasteiger partial charge on any atom is 0.137 e. The van der Waals surface area contributed by atoms with E-state index in [1.54, 1.807) is 0 Å². The number of nitrogens with one attached hydrogen (secondary N) is 1. The molecule has 0 fully saturated rings. The highest BCUT2D eigenvalue weighted by molar-refractivity contribution is 6.30. The fourth-order valence-electron chi connectivity index (χ4n) is 1.93. The molecule has 0 bridgehead atoms. The molecule has 0 aliphatic rings. The summed E-state index contributed by atoms with van der Waals surface area (Å²) in [5.74, 6) is 1.49. The molecular weight excluding hydrogens is 262 g/mol. The van der Waals surface area contributed by atoms with Crippen LogP contribution in [0, 0.1) is 6.92 Å². The number of hydrogen-bond donors (Lipinski definition) is 2. The van der Waals surface area contributed by atoms with E-state index in [4.69, 9.17) is 11.6 Å². The third-order valence-electron chi connectivity index (χ3n) is 3.65. The molecule has 0 atom stereocenters. The van der Waals surface area contributed by atoms with E-state index >= 15 is 0 Å². The van der Waals surface area contributed by atoms with Gasteiger partial charge in [-0.15, -0.1) is 0 Å². The van der Waals surface area contributed by atoms with E-state index in [1.165, 1.54) is 0 Å². The highest BCUT2D eigenvalue weighted by atomic mass is 35.5. The summed E-state index contributed by atoms with van der Waals surface area (Å²) in [6, 6.07) is 0. The zero-order chi connectivity index (χ0) is 14.5. The zero-order valence-corrected chi connectivity index (χ0v) is 13.0.